The van der Waals surface area contributed by atoms with Crippen LogP contribution in [0.25, 0.3) is 10.4 Å². The average Bonchev–Trinajstić information content (AvgIpc) is 3.58. The van der Waals surface area contributed by atoms with Crippen molar-refractivity contribution in [3.8, 4) is 17.6 Å². The molecule has 8 N–H and O–H groups in total. The fourth-order valence-corrected chi connectivity index (χ4v) is 8.00. The molecule has 30 heteroatoms. The smallest absolute Gasteiger partial charge is 0.490 e. The first-order valence-corrected chi connectivity index (χ1v) is 22.1. The van der Waals surface area contributed by atoms with Gasteiger partial charge < -0.3 is 64.4 Å². The van der Waals surface area contributed by atoms with Crippen LogP contribution in [0, 0.1) is 11.8 Å². The van der Waals surface area contributed by atoms with Crippen molar-refractivity contribution >= 4 is 46.9 Å². The second-order valence-electron chi connectivity index (χ2n) is 12.3. The number of nitrogens with two attached hydrogens (primary N) is 1. The molecule has 3 rings (SSSR count). The molecule has 6 atom stereocenters. The number of amides is 2. The second kappa shape index (κ2) is 24.2. The summed E-state index contributed by atoms with van der Waals surface area (Å²) in [5.41, 5.74) is 14.3. The summed E-state index contributed by atoms with van der Waals surface area (Å²) in [5, 5.41) is 8.72. The number of methoxy groups -OCH3 is 1. The fraction of sp³-hybridized carbons (Fsp3) is 0.516. The molecule has 1 aliphatic heterocycles. The van der Waals surface area contributed by atoms with Crippen molar-refractivity contribution in [3.05, 3.63) is 62.5 Å². The van der Waals surface area contributed by atoms with Gasteiger partial charge in [-0.25, -0.2) is 18.5 Å². The molecule has 0 aliphatic carbocycles. The van der Waals surface area contributed by atoms with Crippen LogP contribution in [0.2, 0.25) is 0 Å². The zero-order valence-corrected chi connectivity index (χ0v) is 35.0. The first-order chi connectivity index (χ1) is 28.7. The Hall–Kier alpha value is -4.57. The highest BCUT2D eigenvalue weighted by Gasteiger charge is 2.43. The van der Waals surface area contributed by atoms with E-state index in [2.05, 4.69) is 50.6 Å². The van der Waals surface area contributed by atoms with E-state index in [-0.39, 0.29) is 55.9 Å². The minimum Gasteiger partial charge on any atom is -0.491 e. The summed E-state index contributed by atoms with van der Waals surface area (Å²) in [7, 11) is -15.6. The number of hydrogen-bond acceptors (Lipinski definition) is 18. The monoisotopic (exact) mass is 924 g/mol. The van der Waals surface area contributed by atoms with Gasteiger partial charge in [-0.2, -0.15) is 13.6 Å². The van der Waals surface area contributed by atoms with E-state index in [1.54, 1.807) is 18.2 Å². The Labute approximate surface area is 346 Å². The summed E-state index contributed by atoms with van der Waals surface area (Å²) >= 11 is 0. The molecule has 0 spiro atoms. The highest BCUT2D eigenvalue weighted by Crippen LogP contribution is 2.66. The number of carbonyl (C=O) groups excluding carboxylic acids is 3. The molecule has 3 unspecified atom stereocenters. The van der Waals surface area contributed by atoms with Crippen molar-refractivity contribution in [2.24, 2.45) is 5.11 Å². The lowest BCUT2D eigenvalue weighted by molar-refractivity contribution is -0.126. The maximum atomic E-state index is 12.7. The van der Waals surface area contributed by atoms with Crippen molar-refractivity contribution in [2.45, 2.75) is 50.8 Å². The number of ether oxygens (including phenoxy) is 5. The Balaban J connectivity index is 1.44. The Morgan fingerprint density at radius 1 is 1.15 bits per heavy atom. The van der Waals surface area contributed by atoms with Gasteiger partial charge in [-0.3, -0.25) is 18.7 Å². The third-order valence-corrected chi connectivity index (χ3v) is 11.4. The number of nitrogen functional groups attached to an aromatic ring is 1. The zero-order chi connectivity index (χ0) is 45.2. The Morgan fingerprint density at radius 2 is 1.90 bits per heavy atom. The number of Topliss-reactive ketones (excluding diaryl/α,β-unsaturated/α-hetero) is 1. The van der Waals surface area contributed by atoms with E-state index in [4.69, 9.17) is 44.7 Å². The van der Waals surface area contributed by atoms with Crippen LogP contribution in [0.3, 0.4) is 0 Å². The molecule has 2 aromatic rings. The molecule has 2 amide bonds. The van der Waals surface area contributed by atoms with Crippen molar-refractivity contribution in [1.29, 1.82) is 0 Å². The summed E-state index contributed by atoms with van der Waals surface area (Å²) in [4.78, 5) is 91.3. The molecule has 2 heterocycles. The van der Waals surface area contributed by atoms with Gasteiger partial charge in [0.15, 0.2) is 6.23 Å². The third-order valence-electron chi connectivity index (χ3n) is 7.62. The van der Waals surface area contributed by atoms with Gasteiger partial charge in [-0.15, -0.1) is 0 Å². The normalized spacial score (nSPS) is 18.6. The number of rotatable bonds is 25. The number of nitrogens with zero attached hydrogens (tertiary/aromatic N) is 5. The minimum atomic E-state index is -5.76. The van der Waals surface area contributed by atoms with E-state index in [9.17, 15) is 42.7 Å². The van der Waals surface area contributed by atoms with Crippen molar-refractivity contribution in [1.82, 2.24) is 20.2 Å². The van der Waals surface area contributed by atoms with Gasteiger partial charge >= 0.3 is 29.2 Å². The van der Waals surface area contributed by atoms with Gasteiger partial charge in [0.1, 0.15) is 42.9 Å². The molecule has 1 aromatic carbocycles. The van der Waals surface area contributed by atoms with E-state index in [1.807, 2.05) is 0 Å². The van der Waals surface area contributed by atoms with Gasteiger partial charge in [-0.05, 0) is 37.1 Å². The van der Waals surface area contributed by atoms with E-state index < -0.39 is 72.9 Å². The van der Waals surface area contributed by atoms with Crippen LogP contribution >= 0.6 is 23.5 Å². The maximum Gasteiger partial charge on any atom is 0.490 e. The predicted octanol–water partition coefficient (Wildman–Crippen LogP) is 0.787. The number of benzene rings is 1. The van der Waals surface area contributed by atoms with E-state index in [0.29, 0.717) is 30.7 Å². The lowest BCUT2D eigenvalue weighted by Crippen LogP contribution is -2.29. The van der Waals surface area contributed by atoms with Crippen LogP contribution in [0.15, 0.2) is 40.4 Å². The number of aromatic nitrogens is 2. The molecule has 1 saturated heterocycles. The summed E-state index contributed by atoms with van der Waals surface area (Å²) in [6, 6.07) is 6.27. The lowest BCUT2D eigenvalue weighted by Gasteiger charge is -2.20. The molecule has 1 fully saturated rings. The highest BCUT2D eigenvalue weighted by molar-refractivity contribution is 7.66. The Kier molecular flexibility index (Phi) is 20.1. The van der Waals surface area contributed by atoms with Gasteiger partial charge in [-0.1, -0.05) is 23.0 Å². The van der Waals surface area contributed by atoms with Crippen LogP contribution in [0.1, 0.15) is 48.3 Å². The quantitative estimate of drug-likeness (QED) is 0.0181. The van der Waals surface area contributed by atoms with Crippen LogP contribution in [0.5, 0.6) is 5.75 Å². The summed E-state index contributed by atoms with van der Waals surface area (Å²) < 4.78 is 74.9. The van der Waals surface area contributed by atoms with Crippen LogP contribution in [-0.4, -0.2) is 118 Å². The van der Waals surface area contributed by atoms with Crippen molar-refractivity contribution < 1.29 is 84.5 Å². The first kappa shape index (κ1) is 50.8. The summed E-state index contributed by atoms with van der Waals surface area (Å²) in [6.45, 7) is 0.0133. The molecule has 336 valence electrons. The standard InChI is InChI=1S/C31H43N8O19P3/c1-20(40)6-4-11-35-30(42)21-7-3-9-23(14-21)54-19-27(37-38-33)53-13-12-52-18-26(41)34-10-5-8-22-16-39(31(43)36-29(22)32)28-15-24(51-2)25(56-28)17-55-60(47,48)58-61(49,50)57-59(44,45)46/h3,7,9,14,16,24-25,27-28H,4,6,10-13,15,17-19H2,1-2H3,(H,34,41)(H,35,42)(H,47,48)(H,49,50)(H2,32,36,43)(H2,44,45,46)/t24-,25+,27?,28+/m1/s1. The van der Waals surface area contributed by atoms with Crippen molar-refractivity contribution in [3.63, 3.8) is 0 Å². The molecule has 1 aliphatic rings. The molecule has 27 nitrogen and oxygen atoms in total. The van der Waals surface area contributed by atoms with Gasteiger partial charge in [0.2, 0.25) is 5.91 Å². The van der Waals surface area contributed by atoms with E-state index in [1.165, 1.54) is 26.3 Å². The number of anilines is 1. The fourth-order valence-electron chi connectivity index (χ4n) is 4.97. The minimum absolute atomic E-state index is 0.0266. The van der Waals surface area contributed by atoms with Crippen LogP contribution in [-0.2, 0) is 55.4 Å². The second-order valence-corrected chi connectivity index (χ2v) is 16.7. The average molecular weight is 925 g/mol. The Bertz CT molecular complexity index is 2170. The molecule has 61 heavy (non-hydrogen) atoms. The number of nitrogens with one attached hydrogen (secondary N) is 2. The number of phosphoric acid groups is 3. The van der Waals surface area contributed by atoms with Gasteiger partial charge in [0.05, 0.1) is 38.0 Å². The van der Waals surface area contributed by atoms with Crippen LogP contribution < -0.4 is 26.8 Å². The largest absolute Gasteiger partial charge is 0.491 e. The SMILES string of the molecule is CO[C@@H]1C[C@@H](n2cc(C#CCNC(=O)COCCOC(COc3cccc(C(=O)NCCCC(C)=O)c3)N=[N+]=[N-])c(N)nc2=O)O[C@H]1COP(=O)(O)OP(=O)(O)OP(=O)(O)O. The topological polar surface area (TPSA) is 391 Å². The van der Waals surface area contributed by atoms with Crippen molar-refractivity contribution in [2.75, 3.05) is 59.0 Å². The number of azide groups is 1. The molecule has 0 saturated carbocycles. The molecule has 0 radical (unpaired) electrons. The maximum absolute atomic E-state index is 12.7. The zero-order valence-electron chi connectivity index (χ0n) is 32.3. The molecular formula is C31H43N8O19P3. The first-order valence-electron chi connectivity index (χ1n) is 17.6. The molecule has 1 aromatic heterocycles. The number of ketones is 1. The molecular weight excluding hydrogens is 881 g/mol. The number of carbonyl (C=O) groups is 3. The summed E-state index contributed by atoms with van der Waals surface area (Å²) in [5.74, 6) is 4.46. The highest BCUT2D eigenvalue weighted by atomic mass is 31.3. The van der Waals surface area contributed by atoms with E-state index >= 15 is 0 Å². The van der Waals surface area contributed by atoms with Crippen LogP contribution in [0.4, 0.5) is 5.82 Å². The van der Waals surface area contributed by atoms with E-state index in [0.717, 1.165) is 4.57 Å². The van der Waals surface area contributed by atoms with Gasteiger partial charge in [0.25, 0.3) is 5.91 Å². The summed E-state index contributed by atoms with van der Waals surface area (Å²) in [6.07, 6.45) is -2.26. The van der Waals surface area contributed by atoms with Gasteiger partial charge in [0, 0.05) is 43.2 Å². The number of hydrogen-bond donors (Lipinski definition) is 7. The predicted molar refractivity (Wildman–Crippen MR) is 206 cm³/mol. The third kappa shape index (κ3) is 18.9. The number of phosphoric ester groups is 1. The lowest BCUT2D eigenvalue weighted by atomic mass is 10.2. The Morgan fingerprint density at radius 3 is 2.59 bits per heavy atom. The molecule has 0 bridgehead atoms.